The average molecular weight is 386 g/mol. The van der Waals surface area contributed by atoms with E-state index in [0.29, 0.717) is 11.1 Å². The minimum absolute atomic E-state index is 0.0232. The Labute approximate surface area is 162 Å². The SMILES string of the molecule is COC(=O)c1cc(C(C)C(=O)C(C)c2ccc(O)c(C(=O)OC)c2)ccc1O. The number of hydrogen-bond acceptors (Lipinski definition) is 7. The van der Waals surface area contributed by atoms with Gasteiger partial charge in [0.05, 0.1) is 14.2 Å². The number of phenolic OH excluding ortho intramolecular Hbond substituents is 2. The van der Waals surface area contributed by atoms with Crippen molar-refractivity contribution in [3.05, 3.63) is 58.7 Å². The molecular formula is C21H22O7. The summed E-state index contributed by atoms with van der Waals surface area (Å²) in [6.07, 6.45) is 0. The molecule has 0 aromatic heterocycles. The first kappa shape index (κ1) is 21.0. The van der Waals surface area contributed by atoms with Gasteiger partial charge in [-0.25, -0.2) is 9.59 Å². The molecule has 2 aromatic carbocycles. The Hall–Kier alpha value is -3.35. The molecule has 0 fully saturated rings. The van der Waals surface area contributed by atoms with Crippen LogP contribution in [0, 0.1) is 0 Å². The Morgan fingerprint density at radius 3 is 1.43 bits per heavy atom. The number of esters is 2. The Kier molecular flexibility index (Phi) is 6.41. The summed E-state index contributed by atoms with van der Waals surface area (Å²) >= 11 is 0. The van der Waals surface area contributed by atoms with Crippen LogP contribution in [0.1, 0.15) is 57.5 Å². The summed E-state index contributed by atoms with van der Waals surface area (Å²) in [7, 11) is 2.41. The number of benzene rings is 2. The van der Waals surface area contributed by atoms with Crippen LogP contribution in [-0.2, 0) is 14.3 Å². The lowest BCUT2D eigenvalue weighted by Crippen LogP contribution is -2.17. The first-order valence-corrected chi connectivity index (χ1v) is 8.57. The number of ketones is 1. The summed E-state index contributed by atoms with van der Waals surface area (Å²) < 4.78 is 9.27. The van der Waals surface area contributed by atoms with Gasteiger partial charge in [-0.05, 0) is 35.4 Å². The summed E-state index contributed by atoms with van der Waals surface area (Å²) in [4.78, 5) is 36.5. The van der Waals surface area contributed by atoms with Gasteiger partial charge in [-0.15, -0.1) is 0 Å². The largest absolute Gasteiger partial charge is 0.507 e. The zero-order chi connectivity index (χ0) is 21.0. The molecule has 28 heavy (non-hydrogen) atoms. The predicted molar refractivity (Wildman–Crippen MR) is 101 cm³/mol. The number of carbonyl (C=O) groups excluding carboxylic acids is 3. The second-order valence-corrected chi connectivity index (χ2v) is 6.38. The predicted octanol–water partition coefficient (Wildman–Crippen LogP) is 3.15. The van der Waals surface area contributed by atoms with Crippen molar-refractivity contribution in [3.8, 4) is 11.5 Å². The molecule has 0 radical (unpaired) electrons. The van der Waals surface area contributed by atoms with Crippen molar-refractivity contribution in [1.82, 2.24) is 0 Å². The van der Waals surface area contributed by atoms with Gasteiger partial charge < -0.3 is 19.7 Å². The molecule has 0 aliphatic rings. The molecule has 0 aliphatic heterocycles. The van der Waals surface area contributed by atoms with Crippen molar-refractivity contribution in [2.75, 3.05) is 14.2 Å². The third-order valence-electron chi connectivity index (χ3n) is 4.71. The van der Waals surface area contributed by atoms with Gasteiger partial charge in [0.25, 0.3) is 0 Å². The van der Waals surface area contributed by atoms with E-state index >= 15 is 0 Å². The van der Waals surface area contributed by atoms with Crippen LogP contribution in [0.15, 0.2) is 36.4 Å². The zero-order valence-corrected chi connectivity index (χ0v) is 16.1. The van der Waals surface area contributed by atoms with E-state index in [1.165, 1.54) is 38.5 Å². The molecule has 2 aromatic rings. The Morgan fingerprint density at radius 1 is 0.750 bits per heavy atom. The quantitative estimate of drug-likeness (QED) is 0.734. The summed E-state index contributed by atoms with van der Waals surface area (Å²) in [5.74, 6) is -3.21. The Balaban J connectivity index is 2.33. The second kappa shape index (κ2) is 8.56. The van der Waals surface area contributed by atoms with Crippen LogP contribution in [0.25, 0.3) is 0 Å². The molecule has 0 saturated heterocycles. The van der Waals surface area contributed by atoms with Crippen LogP contribution in [0.3, 0.4) is 0 Å². The molecule has 2 rings (SSSR count). The van der Waals surface area contributed by atoms with Gasteiger partial charge >= 0.3 is 11.9 Å². The maximum absolute atomic E-state index is 13.0. The van der Waals surface area contributed by atoms with Crippen molar-refractivity contribution in [2.45, 2.75) is 25.7 Å². The highest BCUT2D eigenvalue weighted by Crippen LogP contribution is 2.31. The summed E-state index contributed by atoms with van der Waals surface area (Å²) in [5.41, 5.74) is 1.04. The minimum Gasteiger partial charge on any atom is -0.507 e. The molecule has 0 spiro atoms. The van der Waals surface area contributed by atoms with Gasteiger partial charge in [0.15, 0.2) is 0 Å². The van der Waals surface area contributed by atoms with Gasteiger partial charge in [0.1, 0.15) is 28.4 Å². The molecule has 2 unspecified atom stereocenters. The van der Waals surface area contributed by atoms with E-state index in [2.05, 4.69) is 9.47 Å². The van der Waals surface area contributed by atoms with E-state index in [9.17, 15) is 24.6 Å². The molecule has 0 aliphatic carbocycles. The first-order chi connectivity index (χ1) is 13.2. The molecule has 0 saturated carbocycles. The van der Waals surface area contributed by atoms with Gasteiger partial charge in [-0.3, -0.25) is 4.79 Å². The highest BCUT2D eigenvalue weighted by Gasteiger charge is 2.26. The third-order valence-corrected chi connectivity index (χ3v) is 4.71. The molecule has 2 N–H and O–H groups in total. The molecular weight excluding hydrogens is 364 g/mol. The van der Waals surface area contributed by atoms with Crippen molar-refractivity contribution in [2.24, 2.45) is 0 Å². The number of Topliss-reactive ketones (excluding diaryl/α,β-unsaturated/α-hetero) is 1. The number of aromatic hydroxyl groups is 2. The number of rotatable bonds is 6. The van der Waals surface area contributed by atoms with Crippen LogP contribution in [0.2, 0.25) is 0 Å². The van der Waals surface area contributed by atoms with E-state index in [1.807, 2.05) is 0 Å². The fraction of sp³-hybridized carbons (Fsp3) is 0.286. The van der Waals surface area contributed by atoms with Crippen molar-refractivity contribution in [3.63, 3.8) is 0 Å². The summed E-state index contributed by atoms with van der Waals surface area (Å²) in [5, 5.41) is 19.6. The third kappa shape index (κ3) is 4.14. The lowest BCUT2D eigenvalue weighted by molar-refractivity contribution is -0.121. The summed E-state index contributed by atoms with van der Waals surface area (Å²) in [6, 6.07) is 8.65. The fourth-order valence-electron chi connectivity index (χ4n) is 2.90. The smallest absolute Gasteiger partial charge is 0.341 e. The van der Waals surface area contributed by atoms with Crippen molar-refractivity contribution < 1.29 is 34.1 Å². The maximum atomic E-state index is 13.0. The van der Waals surface area contributed by atoms with Crippen LogP contribution in [-0.4, -0.2) is 42.2 Å². The van der Waals surface area contributed by atoms with Gasteiger partial charge in [-0.1, -0.05) is 26.0 Å². The number of methoxy groups -OCH3 is 2. The number of ether oxygens (including phenoxy) is 2. The molecule has 148 valence electrons. The van der Waals surface area contributed by atoms with Crippen LogP contribution in [0.5, 0.6) is 11.5 Å². The zero-order valence-electron chi connectivity index (χ0n) is 16.1. The van der Waals surface area contributed by atoms with Crippen LogP contribution < -0.4 is 0 Å². The molecule has 0 bridgehead atoms. The van der Waals surface area contributed by atoms with E-state index < -0.39 is 23.8 Å². The molecule has 0 heterocycles. The van der Waals surface area contributed by atoms with Crippen LogP contribution >= 0.6 is 0 Å². The highest BCUT2D eigenvalue weighted by atomic mass is 16.5. The maximum Gasteiger partial charge on any atom is 0.341 e. The molecule has 7 heteroatoms. The fourth-order valence-corrected chi connectivity index (χ4v) is 2.90. The van der Waals surface area contributed by atoms with Crippen molar-refractivity contribution in [1.29, 1.82) is 0 Å². The topological polar surface area (TPSA) is 110 Å². The Morgan fingerprint density at radius 2 is 1.11 bits per heavy atom. The van der Waals surface area contributed by atoms with Gasteiger partial charge in [0.2, 0.25) is 0 Å². The first-order valence-electron chi connectivity index (χ1n) is 8.57. The molecule has 2 atom stereocenters. The van der Waals surface area contributed by atoms with E-state index in [4.69, 9.17) is 0 Å². The summed E-state index contributed by atoms with van der Waals surface area (Å²) in [6.45, 7) is 3.38. The minimum atomic E-state index is -0.701. The number of hydrogen-bond donors (Lipinski definition) is 2. The molecule has 0 amide bonds. The van der Waals surface area contributed by atoms with Crippen molar-refractivity contribution >= 4 is 17.7 Å². The standard InChI is InChI=1S/C21H22O7/c1-11(13-5-7-17(22)15(9-13)20(25)27-3)19(24)12(2)14-6-8-18(23)16(10-14)21(26)28-4/h5-12,22-23H,1-4H3. The average Bonchev–Trinajstić information content (AvgIpc) is 2.71. The van der Waals surface area contributed by atoms with Gasteiger partial charge in [0, 0.05) is 11.8 Å². The number of phenols is 2. The normalized spacial score (nSPS) is 12.7. The lowest BCUT2D eigenvalue weighted by Gasteiger charge is -2.18. The second-order valence-electron chi connectivity index (χ2n) is 6.38. The Bertz CT molecular complexity index is 843. The van der Waals surface area contributed by atoms with E-state index in [1.54, 1.807) is 26.0 Å². The van der Waals surface area contributed by atoms with E-state index in [-0.39, 0.29) is 28.4 Å². The monoisotopic (exact) mass is 386 g/mol. The van der Waals surface area contributed by atoms with E-state index in [0.717, 1.165) is 0 Å². The number of carbonyl (C=O) groups is 3. The lowest BCUT2D eigenvalue weighted by atomic mass is 9.85. The highest BCUT2D eigenvalue weighted by molar-refractivity contribution is 5.96. The van der Waals surface area contributed by atoms with Gasteiger partial charge in [-0.2, -0.15) is 0 Å². The molecule has 7 nitrogen and oxygen atoms in total. The van der Waals surface area contributed by atoms with Crippen LogP contribution in [0.4, 0.5) is 0 Å².